The van der Waals surface area contributed by atoms with Gasteiger partial charge in [-0.05, 0) is 110 Å². The van der Waals surface area contributed by atoms with E-state index in [9.17, 15) is 0 Å². The Labute approximate surface area is 221 Å². The van der Waals surface area contributed by atoms with Crippen molar-refractivity contribution in [1.82, 2.24) is 0 Å². The minimum Gasteiger partial charge on any atom is -0.494 e. The Morgan fingerprint density at radius 1 is 0.588 bits per heavy atom. The lowest BCUT2D eigenvalue weighted by Crippen LogP contribution is -1.97. The Bertz CT molecular complexity index is 1080. The van der Waals surface area contributed by atoms with Crippen molar-refractivity contribution in [1.29, 1.82) is 0 Å². The summed E-state index contributed by atoms with van der Waals surface area (Å²) in [4.78, 5) is 0. The number of aryl methyl sites for hydroxylation is 1. The van der Waals surface area contributed by atoms with Crippen molar-refractivity contribution >= 4 is 0 Å². The Balaban J connectivity index is -0.0000000430. The van der Waals surface area contributed by atoms with E-state index in [1.165, 1.54) is 50.5 Å². The second-order valence-corrected chi connectivity index (χ2v) is 6.78. The van der Waals surface area contributed by atoms with Crippen LogP contribution < -0.4 is 4.74 Å². The maximum Gasteiger partial charge on any atom is 0.119 e. The molecule has 0 fully saturated rings. The molecular weight excluding hydrogens is 416 g/mol. The highest BCUT2D eigenvalue weighted by molar-refractivity contribution is 5.45. The van der Waals surface area contributed by atoms with Crippen molar-refractivity contribution in [3.63, 3.8) is 0 Å². The number of rotatable bonds is 9. The highest BCUT2D eigenvalue weighted by Crippen LogP contribution is 2.12. The van der Waals surface area contributed by atoms with Crippen LogP contribution in [0, 0.1) is 89.8 Å². The largest absolute Gasteiger partial charge is 0.494 e. The van der Waals surface area contributed by atoms with Crippen LogP contribution in [0.2, 0.25) is 0 Å². The molecule has 0 amide bonds. The van der Waals surface area contributed by atoms with Crippen LogP contribution in [0.3, 0.4) is 0 Å². The summed E-state index contributed by atoms with van der Waals surface area (Å²) in [6.45, 7) is 8.63. The van der Waals surface area contributed by atoms with E-state index in [1.54, 1.807) is 13.8 Å². The zero-order chi connectivity index (χ0) is 24.2. The summed E-state index contributed by atoms with van der Waals surface area (Å²) in [6, 6.07) is 8.30. The van der Waals surface area contributed by atoms with Gasteiger partial charge < -0.3 is 10.2 Å². The summed E-state index contributed by atoms with van der Waals surface area (Å²) in [6.07, 6.45) is 9.34. The van der Waals surface area contributed by atoms with Crippen LogP contribution >= 0.6 is 0 Å². The van der Waals surface area contributed by atoms with Crippen LogP contribution in [0.25, 0.3) is 0 Å². The number of unbranched alkanes of at least 4 members (excludes halogenated alkanes) is 6. The van der Waals surface area contributed by atoms with Gasteiger partial charge in [0.2, 0.25) is 0 Å². The molecule has 1 rings (SSSR count). The fourth-order valence-corrected chi connectivity index (χ4v) is 2.32. The first-order chi connectivity index (χ1) is 16.2. The SMILES string of the molecule is CC#CC#CC#CC#CC#CC#CC#CC.CCCCCCCCCOc1ccc(C)cc1.O.[HH].[HH].[HH].[HH].[HH].[HH].[HH].[HH].[HH]. The first kappa shape index (κ1) is 32.1. The van der Waals surface area contributed by atoms with Crippen molar-refractivity contribution in [2.24, 2.45) is 0 Å². The molecule has 34 heavy (non-hydrogen) atoms. The summed E-state index contributed by atoms with van der Waals surface area (Å²) in [5.74, 6) is 36.6. The Kier molecular flexibility index (Phi) is 25.4. The molecule has 0 aliphatic heterocycles. The predicted molar refractivity (Wildman–Crippen MR) is 163 cm³/mol. The van der Waals surface area contributed by atoms with Crippen molar-refractivity contribution in [2.75, 3.05) is 6.61 Å². The maximum atomic E-state index is 5.69. The first-order valence-corrected chi connectivity index (χ1v) is 11.3. The molecule has 1 aromatic carbocycles. The summed E-state index contributed by atoms with van der Waals surface area (Å²) in [5.41, 5.74) is 1.29. The van der Waals surface area contributed by atoms with Gasteiger partial charge in [-0.1, -0.05) is 75.0 Å². The van der Waals surface area contributed by atoms with Gasteiger partial charge in [0, 0.05) is 12.8 Å². The van der Waals surface area contributed by atoms with Crippen LogP contribution in [-0.2, 0) is 0 Å². The second kappa shape index (κ2) is 26.9. The summed E-state index contributed by atoms with van der Waals surface area (Å²) in [5, 5.41) is 0. The third-order valence-electron chi connectivity index (χ3n) is 3.98. The average Bonchev–Trinajstić information content (AvgIpc) is 2.83. The Morgan fingerprint density at radius 2 is 0.971 bits per heavy atom. The summed E-state index contributed by atoms with van der Waals surface area (Å²) < 4.78 is 5.69. The van der Waals surface area contributed by atoms with Crippen LogP contribution in [0.1, 0.15) is 84.1 Å². The fraction of sp³-hybridized carbons (Fsp3) is 0.375. The van der Waals surface area contributed by atoms with Gasteiger partial charge in [0.15, 0.2) is 0 Å². The molecule has 2 N–H and O–H groups in total. The maximum absolute atomic E-state index is 5.69. The molecule has 1 aromatic rings. The normalized spacial score (nSPS) is 7.06. The van der Waals surface area contributed by atoms with Crippen molar-refractivity contribution < 1.29 is 23.1 Å². The topological polar surface area (TPSA) is 40.7 Å². The van der Waals surface area contributed by atoms with Crippen LogP contribution in [0.4, 0.5) is 0 Å². The van der Waals surface area contributed by atoms with E-state index in [2.05, 4.69) is 121 Å². The number of hydrogen-bond donors (Lipinski definition) is 0. The average molecular weight is 469 g/mol. The minimum atomic E-state index is 0. The monoisotopic (exact) mass is 468 g/mol. The molecule has 0 spiro atoms. The number of hydrogen-bond acceptors (Lipinski definition) is 1. The predicted octanol–water partition coefficient (Wildman–Crippen LogP) is 7.56. The number of ether oxygens (including phenoxy) is 1. The van der Waals surface area contributed by atoms with Crippen molar-refractivity contribution in [3.8, 4) is 88.6 Å². The highest BCUT2D eigenvalue weighted by atomic mass is 16.5. The third-order valence-corrected chi connectivity index (χ3v) is 3.98. The standard InChI is InChI=1S/C16H26O.C16H6.H2O.9H2/c1-3-4-5-6-7-8-9-14-17-16-12-10-15(2)11-13-16;1-3-5-7-9-11-13-15-16-14-12-10-8-6-4-2;;;;;;;;;;/h10-13H,3-9,14H2,1-2H3;1-2H3;1H2;9*1H. The molecule has 0 heterocycles. The second-order valence-electron chi connectivity index (χ2n) is 6.78. The van der Waals surface area contributed by atoms with Gasteiger partial charge >= 0.3 is 0 Å². The molecule has 192 valence electrons. The first-order valence-electron chi connectivity index (χ1n) is 11.3. The summed E-state index contributed by atoms with van der Waals surface area (Å²) in [7, 11) is 0. The van der Waals surface area contributed by atoms with E-state index in [4.69, 9.17) is 4.74 Å². The lowest BCUT2D eigenvalue weighted by atomic mass is 10.1. The molecule has 0 bridgehead atoms. The van der Waals surface area contributed by atoms with E-state index in [1.807, 2.05) is 0 Å². The van der Waals surface area contributed by atoms with E-state index >= 15 is 0 Å². The van der Waals surface area contributed by atoms with Gasteiger partial charge in [0.05, 0.1) is 6.61 Å². The van der Waals surface area contributed by atoms with Crippen LogP contribution in [-0.4, -0.2) is 12.1 Å². The molecule has 0 unspecified atom stereocenters. The molecule has 0 radical (unpaired) electrons. The van der Waals surface area contributed by atoms with E-state index in [0.29, 0.717) is 0 Å². The smallest absolute Gasteiger partial charge is 0.119 e. The van der Waals surface area contributed by atoms with Gasteiger partial charge in [-0.2, -0.15) is 0 Å². The lowest BCUT2D eigenvalue weighted by Gasteiger charge is -2.06. The number of benzene rings is 1. The molecular formula is C32H52O2. The zero-order valence-corrected chi connectivity index (χ0v) is 20.9. The highest BCUT2D eigenvalue weighted by Gasteiger charge is 1.94. The van der Waals surface area contributed by atoms with Crippen LogP contribution in [0.5, 0.6) is 5.75 Å². The Hall–Kier alpha value is -4.10. The molecule has 0 saturated carbocycles. The van der Waals surface area contributed by atoms with Gasteiger partial charge in [0.1, 0.15) is 5.75 Å². The van der Waals surface area contributed by atoms with Gasteiger partial charge in [0.25, 0.3) is 0 Å². The van der Waals surface area contributed by atoms with E-state index in [0.717, 1.165) is 12.4 Å². The quantitative estimate of drug-likeness (QED) is 0.272. The van der Waals surface area contributed by atoms with Crippen molar-refractivity contribution in [3.05, 3.63) is 29.8 Å². The zero-order valence-electron chi connectivity index (χ0n) is 20.9. The van der Waals surface area contributed by atoms with Crippen molar-refractivity contribution in [2.45, 2.75) is 72.6 Å². The minimum absolute atomic E-state index is 0. The molecule has 0 aromatic heterocycles. The Morgan fingerprint density at radius 3 is 1.38 bits per heavy atom. The van der Waals surface area contributed by atoms with E-state index < -0.39 is 0 Å². The van der Waals surface area contributed by atoms with E-state index in [-0.39, 0.29) is 18.3 Å². The molecule has 0 saturated heterocycles. The molecule has 0 aliphatic rings. The van der Waals surface area contributed by atoms with Gasteiger partial charge in [-0.15, -0.1) is 0 Å². The van der Waals surface area contributed by atoms with Gasteiger partial charge in [-0.3, -0.25) is 0 Å². The fourth-order valence-electron chi connectivity index (χ4n) is 2.32. The van der Waals surface area contributed by atoms with Crippen LogP contribution in [0.15, 0.2) is 24.3 Å². The molecule has 0 atom stereocenters. The lowest BCUT2D eigenvalue weighted by molar-refractivity contribution is 0.304. The molecule has 2 nitrogen and oxygen atoms in total. The molecule has 0 aliphatic carbocycles. The summed E-state index contributed by atoms with van der Waals surface area (Å²) >= 11 is 0. The van der Waals surface area contributed by atoms with Gasteiger partial charge in [-0.25, -0.2) is 0 Å². The molecule has 2 heteroatoms. The third kappa shape index (κ3) is 24.2.